The van der Waals surface area contributed by atoms with Gasteiger partial charge in [-0.1, -0.05) is 19.8 Å². The van der Waals surface area contributed by atoms with Gasteiger partial charge in [-0.3, -0.25) is 4.68 Å². The predicted octanol–water partition coefficient (Wildman–Crippen LogP) is 2.93. The molecule has 0 saturated heterocycles. The summed E-state index contributed by atoms with van der Waals surface area (Å²) in [5, 5.41) is 8.13. The van der Waals surface area contributed by atoms with Crippen LogP contribution in [-0.2, 0) is 6.54 Å². The van der Waals surface area contributed by atoms with Gasteiger partial charge in [0.05, 0.1) is 0 Å². The first-order chi connectivity index (χ1) is 8.36. The molecule has 2 unspecified atom stereocenters. The Labute approximate surface area is 105 Å². The molecule has 2 rings (SSSR count). The lowest BCUT2D eigenvalue weighted by Crippen LogP contribution is -2.38. The molecule has 1 fully saturated rings. The molecule has 0 spiro atoms. The molecule has 3 nitrogen and oxygen atoms in total. The van der Waals surface area contributed by atoms with Crippen LogP contribution in [0.3, 0.4) is 0 Å². The molecule has 1 saturated carbocycles. The SMILES string of the molecule is CCCNC1CCCCC1c1ccnn1CC. The molecule has 1 N–H and O–H groups in total. The largest absolute Gasteiger partial charge is 0.313 e. The van der Waals surface area contributed by atoms with Gasteiger partial charge in [-0.25, -0.2) is 0 Å². The Bertz CT molecular complexity index is 332. The first kappa shape index (κ1) is 12.6. The van der Waals surface area contributed by atoms with E-state index in [-0.39, 0.29) is 0 Å². The molecule has 2 atom stereocenters. The molecule has 96 valence electrons. The zero-order valence-corrected chi connectivity index (χ0v) is 11.2. The molecule has 1 aromatic rings. The molecular formula is C14H25N3. The number of aromatic nitrogens is 2. The summed E-state index contributed by atoms with van der Waals surface area (Å²) in [5.74, 6) is 0.665. The van der Waals surface area contributed by atoms with Crippen LogP contribution in [0.15, 0.2) is 12.3 Å². The Balaban J connectivity index is 2.10. The van der Waals surface area contributed by atoms with Crippen molar-refractivity contribution in [3.63, 3.8) is 0 Å². The number of nitrogens with zero attached hydrogens (tertiary/aromatic N) is 2. The van der Waals surface area contributed by atoms with Gasteiger partial charge in [0.1, 0.15) is 0 Å². The van der Waals surface area contributed by atoms with Crippen LogP contribution in [-0.4, -0.2) is 22.4 Å². The van der Waals surface area contributed by atoms with Gasteiger partial charge < -0.3 is 5.32 Å². The zero-order valence-electron chi connectivity index (χ0n) is 11.2. The lowest BCUT2D eigenvalue weighted by Gasteiger charge is -2.32. The highest BCUT2D eigenvalue weighted by Crippen LogP contribution is 2.32. The van der Waals surface area contributed by atoms with E-state index in [9.17, 15) is 0 Å². The zero-order chi connectivity index (χ0) is 12.1. The van der Waals surface area contributed by atoms with Crippen LogP contribution in [0, 0.1) is 0 Å². The van der Waals surface area contributed by atoms with Crippen LogP contribution >= 0.6 is 0 Å². The molecule has 1 aromatic heterocycles. The molecule has 3 heteroatoms. The normalized spacial score (nSPS) is 25.1. The Hall–Kier alpha value is -0.830. The topological polar surface area (TPSA) is 29.9 Å². The molecule has 1 aliphatic carbocycles. The maximum absolute atomic E-state index is 4.41. The van der Waals surface area contributed by atoms with Crippen LogP contribution in [0.5, 0.6) is 0 Å². The average Bonchev–Trinajstić information content (AvgIpc) is 2.84. The molecule has 0 amide bonds. The Morgan fingerprint density at radius 3 is 2.94 bits per heavy atom. The summed E-state index contributed by atoms with van der Waals surface area (Å²) in [5.41, 5.74) is 1.43. The highest BCUT2D eigenvalue weighted by Gasteiger charge is 2.27. The van der Waals surface area contributed by atoms with Crippen molar-refractivity contribution in [1.82, 2.24) is 15.1 Å². The van der Waals surface area contributed by atoms with Crippen molar-refractivity contribution < 1.29 is 0 Å². The monoisotopic (exact) mass is 235 g/mol. The third kappa shape index (κ3) is 2.89. The van der Waals surface area contributed by atoms with Crippen molar-refractivity contribution in [3.05, 3.63) is 18.0 Å². The van der Waals surface area contributed by atoms with Gasteiger partial charge in [-0.05, 0) is 38.8 Å². The first-order valence-corrected chi connectivity index (χ1v) is 7.11. The van der Waals surface area contributed by atoms with Gasteiger partial charge in [0.25, 0.3) is 0 Å². The minimum Gasteiger partial charge on any atom is -0.313 e. The van der Waals surface area contributed by atoms with Crippen LogP contribution in [0.4, 0.5) is 0 Å². The van der Waals surface area contributed by atoms with Gasteiger partial charge in [0, 0.05) is 30.4 Å². The second-order valence-electron chi connectivity index (χ2n) is 5.02. The minimum atomic E-state index is 0.658. The van der Waals surface area contributed by atoms with E-state index in [1.54, 1.807) is 0 Å². The van der Waals surface area contributed by atoms with Crippen molar-refractivity contribution in [2.75, 3.05) is 6.54 Å². The standard InChI is InChI=1S/C14H25N3/c1-3-10-15-13-8-6-5-7-12(13)14-9-11-16-17(14)4-2/h9,11-13,15H,3-8,10H2,1-2H3. The third-order valence-electron chi connectivity index (χ3n) is 3.85. The Morgan fingerprint density at radius 1 is 1.35 bits per heavy atom. The van der Waals surface area contributed by atoms with E-state index >= 15 is 0 Å². The van der Waals surface area contributed by atoms with E-state index in [0.29, 0.717) is 12.0 Å². The lowest BCUT2D eigenvalue weighted by molar-refractivity contribution is 0.315. The number of hydrogen-bond acceptors (Lipinski definition) is 2. The molecule has 0 aromatic carbocycles. The summed E-state index contributed by atoms with van der Waals surface area (Å²) in [6.45, 7) is 6.54. The molecule has 17 heavy (non-hydrogen) atoms. The third-order valence-corrected chi connectivity index (χ3v) is 3.85. The fraction of sp³-hybridized carbons (Fsp3) is 0.786. The molecular weight excluding hydrogens is 210 g/mol. The molecule has 1 aliphatic rings. The van der Waals surface area contributed by atoms with Gasteiger partial charge >= 0.3 is 0 Å². The van der Waals surface area contributed by atoms with E-state index in [2.05, 4.69) is 35.0 Å². The maximum Gasteiger partial charge on any atom is 0.0492 e. The molecule has 0 aliphatic heterocycles. The number of aryl methyl sites for hydroxylation is 1. The Kier molecular flexibility index (Phi) is 4.60. The minimum absolute atomic E-state index is 0.658. The summed E-state index contributed by atoms with van der Waals surface area (Å²) < 4.78 is 2.16. The summed E-state index contributed by atoms with van der Waals surface area (Å²) in [6.07, 6.45) is 8.54. The molecule has 0 bridgehead atoms. The summed E-state index contributed by atoms with van der Waals surface area (Å²) in [6, 6.07) is 2.87. The van der Waals surface area contributed by atoms with Gasteiger partial charge in [0.2, 0.25) is 0 Å². The Morgan fingerprint density at radius 2 is 2.18 bits per heavy atom. The van der Waals surface area contributed by atoms with Crippen LogP contribution in [0.25, 0.3) is 0 Å². The van der Waals surface area contributed by atoms with E-state index in [1.807, 2.05) is 6.20 Å². The number of hydrogen-bond donors (Lipinski definition) is 1. The summed E-state index contributed by atoms with van der Waals surface area (Å²) in [7, 11) is 0. The van der Waals surface area contributed by atoms with Crippen LogP contribution in [0.1, 0.15) is 57.6 Å². The molecule has 0 radical (unpaired) electrons. The van der Waals surface area contributed by atoms with Gasteiger partial charge in [-0.2, -0.15) is 5.10 Å². The quantitative estimate of drug-likeness (QED) is 0.850. The van der Waals surface area contributed by atoms with Gasteiger partial charge in [-0.15, -0.1) is 0 Å². The number of nitrogens with one attached hydrogen (secondary N) is 1. The summed E-state index contributed by atoms with van der Waals surface area (Å²) in [4.78, 5) is 0. The second kappa shape index (κ2) is 6.20. The van der Waals surface area contributed by atoms with E-state index in [1.165, 1.54) is 37.8 Å². The number of rotatable bonds is 5. The van der Waals surface area contributed by atoms with Crippen molar-refractivity contribution in [2.24, 2.45) is 0 Å². The van der Waals surface area contributed by atoms with E-state index < -0.39 is 0 Å². The smallest absolute Gasteiger partial charge is 0.0492 e. The predicted molar refractivity (Wildman–Crippen MR) is 71.2 cm³/mol. The highest BCUT2D eigenvalue weighted by molar-refractivity contribution is 5.12. The highest BCUT2D eigenvalue weighted by atomic mass is 15.3. The van der Waals surface area contributed by atoms with E-state index in [4.69, 9.17) is 0 Å². The van der Waals surface area contributed by atoms with Crippen LogP contribution < -0.4 is 5.32 Å². The van der Waals surface area contributed by atoms with Crippen molar-refractivity contribution in [3.8, 4) is 0 Å². The summed E-state index contributed by atoms with van der Waals surface area (Å²) >= 11 is 0. The van der Waals surface area contributed by atoms with Gasteiger partial charge in [0.15, 0.2) is 0 Å². The maximum atomic E-state index is 4.41. The first-order valence-electron chi connectivity index (χ1n) is 7.11. The van der Waals surface area contributed by atoms with Crippen molar-refractivity contribution in [1.29, 1.82) is 0 Å². The molecule has 1 heterocycles. The van der Waals surface area contributed by atoms with E-state index in [0.717, 1.165) is 13.1 Å². The van der Waals surface area contributed by atoms with Crippen molar-refractivity contribution in [2.45, 2.75) is 64.5 Å². The van der Waals surface area contributed by atoms with Crippen molar-refractivity contribution >= 4 is 0 Å². The fourth-order valence-corrected chi connectivity index (χ4v) is 2.98. The fourth-order valence-electron chi connectivity index (χ4n) is 2.98. The second-order valence-corrected chi connectivity index (χ2v) is 5.02. The van der Waals surface area contributed by atoms with Crippen LogP contribution in [0.2, 0.25) is 0 Å². The lowest BCUT2D eigenvalue weighted by atomic mass is 9.82. The average molecular weight is 235 g/mol.